The third kappa shape index (κ3) is 3.63. The number of benzene rings is 2. The Kier molecular flexibility index (Phi) is 4.84. The van der Waals surface area contributed by atoms with Crippen LogP contribution < -0.4 is 15.6 Å². The maximum Gasteiger partial charge on any atom is 0.269 e. The average molecular weight is 391 g/mol. The van der Waals surface area contributed by atoms with Gasteiger partial charge >= 0.3 is 0 Å². The minimum atomic E-state index is -3.29. The first-order valence-electron chi connectivity index (χ1n) is 7.60. The first kappa shape index (κ1) is 18.2. The van der Waals surface area contributed by atoms with Crippen molar-refractivity contribution in [1.29, 1.82) is 0 Å². The lowest BCUT2D eigenvalue weighted by Crippen LogP contribution is -2.29. The van der Waals surface area contributed by atoms with Crippen molar-refractivity contribution in [3.63, 3.8) is 0 Å². The van der Waals surface area contributed by atoms with Gasteiger partial charge in [0.15, 0.2) is 9.84 Å². The fraction of sp³-hybridized carbons (Fsp3) is 0.176. The average Bonchev–Trinajstić information content (AvgIpc) is 3.04. The first-order chi connectivity index (χ1) is 12.3. The molecule has 26 heavy (non-hydrogen) atoms. The second kappa shape index (κ2) is 6.93. The number of hydrogen-bond donors (Lipinski definition) is 2. The number of hydrazine groups is 1. The second-order valence-electron chi connectivity index (χ2n) is 5.66. The number of hydrogen-bond acceptors (Lipinski definition) is 7. The van der Waals surface area contributed by atoms with Crippen LogP contribution in [0.5, 0.6) is 5.75 Å². The van der Waals surface area contributed by atoms with Crippen LogP contribution in [0.25, 0.3) is 10.2 Å². The number of ether oxygens (including phenoxy) is 1. The summed E-state index contributed by atoms with van der Waals surface area (Å²) in [6.07, 6.45) is 1.12. The number of amides is 1. The van der Waals surface area contributed by atoms with Gasteiger partial charge in [0.2, 0.25) is 5.13 Å². The standard InChI is InChI=1S/C17H17N3O4S2/c1-10-4-9-13(24-2)14-15(10)25-17(18-14)20-19-16(21)11-5-7-12(8-6-11)26(3,22)23/h4-9H,1-3H3,(H,18,20)(H,19,21). The third-order valence-corrected chi connectivity index (χ3v) is 5.99. The Morgan fingerprint density at radius 3 is 2.46 bits per heavy atom. The maximum absolute atomic E-state index is 12.2. The normalized spacial score (nSPS) is 11.3. The number of aryl methyl sites for hydroxylation is 1. The Balaban J connectivity index is 1.75. The lowest BCUT2D eigenvalue weighted by molar-refractivity contribution is 0.0962. The molecule has 1 amide bonds. The Hall–Kier alpha value is -2.65. The molecule has 0 atom stereocenters. The molecule has 0 fully saturated rings. The van der Waals surface area contributed by atoms with E-state index in [1.807, 2.05) is 19.1 Å². The minimum Gasteiger partial charge on any atom is -0.494 e. The van der Waals surface area contributed by atoms with Crippen molar-refractivity contribution >= 4 is 42.4 Å². The molecule has 1 heterocycles. The molecule has 3 aromatic rings. The van der Waals surface area contributed by atoms with E-state index < -0.39 is 15.7 Å². The molecule has 0 radical (unpaired) electrons. The van der Waals surface area contributed by atoms with E-state index in [0.29, 0.717) is 16.4 Å². The zero-order valence-electron chi connectivity index (χ0n) is 14.4. The highest BCUT2D eigenvalue weighted by molar-refractivity contribution is 7.90. The monoisotopic (exact) mass is 391 g/mol. The lowest BCUT2D eigenvalue weighted by Gasteiger charge is -2.06. The summed E-state index contributed by atoms with van der Waals surface area (Å²) in [5, 5.41) is 0.522. The van der Waals surface area contributed by atoms with Crippen LogP contribution in [0.4, 0.5) is 5.13 Å². The number of methoxy groups -OCH3 is 1. The predicted octanol–water partition coefficient (Wildman–Crippen LogP) is 2.77. The van der Waals surface area contributed by atoms with Gasteiger partial charge < -0.3 is 4.74 Å². The third-order valence-electron chi connectivity index (χ3n) is 3.75. The van der Waals surface area contributed by atoms with Gasteiger partial charge in [0.25, 0.3) is 5.91 Å². The number of aromatic nitrogens is 1. The minimum absolute atomic E-state index is 0.163. The highest BCUT2D eigenvalue weighted by atomic mass is 32.2. The number of anilines is 1. The van der Waals surface area contributed by atoms with Crippen LogP contribution >= 0.6 is 11.3 Å². The molecule has 0 aliphatic rings. The Morgan fingerprint density at radius 1 is 1.15 bits per heavy atom. The van der Waals surface area contributed by atoms with Crippen molar-refractivity contribution in [2.75, 3.05) is 18.8 Å². The lowest BCUT2D eigenvalue weighted by atomic mass is 10.2. The Morgan fingerprint density at radius 2 is 1.85 bits per heavy atom. The van der Waals surface area contributed by atoms with E-state index in [2.05, 4.69) is 15.8 Å². The number of fused-ring (bicyclic) bond motifs is 1. The summed E-state index contributed by atoms with van der Waals surface area (Å²) in [4.78, 5) is 16.8. The molecule has 0 unspecified atom stereocenters. The fourth-order valence-electron chi connectivity index (χ4n) is 2.36. The first-order valence-corrected chi connectivity index (χ1v) is 10.3. The van der Waals surface area contributed by atoms with E-state index in [9.17, 15) is 13.2 Å². The quantitative estimate of drug-likeness (QED) is 0.649. The van der Waals surface area contributed by atoms with Gasteiger partial charge in [0, 0.05) is 11.8 Å². The van der Waals surface area contributed by atoms with E-state index in [1.165, 1.54) is 35.6 Å². The van der Waals surface area contributed by atoms with E-state index in [1.54, 1.807) is 7.11 Å². The summed E-state index contributed by atoms with van der Waals surface area (Å²) >= 11 is 1.40. The number of nitrogens with one attached hydrogen (secondary N) is 2. The van der Waals surface area contributed by atoms with Crippen molar-refractivity contribution in [2.45, 2.75) is 11.8 Å². The maximum atomic E-state index is 12.2. The van der Waals surface area contributed by atoms with Gasteiger partial charge in [-0.05, 0) is 42.8 Å². The van der Waals surface area contributed by atoms with Gasteiger partial charge in [-0.3, -0.25) is 15.6 Å². The Labute approximate surface area is 154 Å². The second-order valence-corrected chi connectivity index (χ2v) is 8.67. The molecule has 3 rings (SSSR count). The summed E-state index contributed by atoms with van der Waals surface area (Å²) in [5.74, 6) is 0.269. The largest absolute Gasteiger partial charge is 0.494 e. The molecule has 9 heteroatoms. The SMILES string of the molecule is COc1ccc(C)c2sc(NNC(=O)c3ccc(S(C)(=O)=O)cc3)nc12. The van der Waals surface area contributed by atoms with Crippen molar-refractivity contribution in [1.82, 2.24) is 10.4 Å². The van der Waals surface area contributed by atoms with Crippen LogP contribution in [0.3, 0.4) is 0 Å². The number of carbonyl (C=O) groups excluding carboxylic acids is 1. The van der Waals surface area contributed by atoms with Crippen LogP contribution in [0.15, 0.2) is 41.3 Å². The highest BCUT2D eigenvalue weighted by Crippen LogP contribution is 2.34. The molecule has 136 valence electrons. The molecule has 7 nitrogen and oxygen atoms in total. The number of nitrogens with zero attached hydrogens (tertiary/aromatic N) is 1. The van der Waals surface area contributed by atoms with Crippen LogP contribution in [0, 0.1) is 6.92 Å². The van der Waals surface area contributed by atoms with Crippen LogP contribution in [0.1, 0.15) is 15.9 Å². The predicted molar refractivity (Wildman–Crippen MR) is 102 cm³/mol. The summed E-state index contributed by atoms with van der Waals surface area (Å²) in [7, 11) is -1.71. The van der Waals surface area contributed by atoms with E-state index >= 15 is 0 Å². The number of rotatable bonds is 5. The smallest absolute Gasteiger partial charge is 0.269 e. The van der Waals surface area contributed by atoms with Gasteiger partial charge in [-0.2, -0.15) is 0 Å². The van der Waals surface area contributed by atoms with Crippen LogP contribution in [-0.4, -0.2) is 32.7 Å². The molecular formula is C17H17N3O4S2. The molecular weight excluding hydrogens is 374 g/mol. The molecule has 0 aliphatic heterocycles. The van der Waals surface area contributed by atoms with Gasteiger partial charge in [-0.25, -0.2) is 13.4 Å². The number of thiazole rings is 1. The molecule has 0 bridgehead atoms. The molecule has 2 N–H and O–H groups in total. The number of carbonyl (C=O) groups is 1. The highest BCUT2D eigenvalue weighted by Gasteiger charge is 2.13. The molecule has 1 aromatic heterocycles. The van der Waals surface area contributed by atoms with E-state index in [0.717, 1.165) is 22.0 Å². The molecule has 0 saturated carbocycles. The van der Waals surface area contributed by atoms with E-state index in [4.69, 9.17) is 4.74 Å². The molecule has 0 aliphatic carbocycles. The zero-order valence-corrected chi connectivity index (χ0v) is 16.0. The summed E-state index contributed by atoms with van der Waals surface area (Å²) in [5.41, 5.74) is 7.48. The van der Waals surface area contributed by atoms with E-state index in [-0.39, 0.29) is 4.90 Å². The topological polar surface area (TPSA) is 97.4 Å². The summed E-state index contributed by atoms with van der Waals surface area (Å²) in [6.45, 7) is 1.98. The van der Waals surface area contributed by atoms with Gasteiger partial charge in [-0.15, -0.1) is 0 Å². The van der Waals surface area contributed by atoms with Crippen LogP contribution in [-0.2, 0) is 9.84 Å². The van der Waals surface area contributed by atoms with Crippen molar-refractivity contribution < 1.29 is 17.9 Å². The molecule has 0 saturated heterocycles. The Bertz CT molecular complexity index is 1070. The van der Waals surface area contributed by atoms with Gasteiger partial charge in [0.1, 0.15) is 11.3 Å². The van der Waals surface area contributed by atoms with Crippen LogP contribution in [0.2, 0.25) is 0 Å². The van der Waals surface area contributed by atoms with Crippen molar-refractivity contribution in [2.24, 2.45) is 0 Å². The fourth-order valence-corrected chi connectivity index (χ4v) is 3.90. The zero-order chi connectivity index (χ0) is 18.9. The molecule has 0 spiro atoms. The molecule has 2 aromatic carbocycles. The van der Waals surface area contributed by atoms with Gasteiger partial charge in [0.05, 0.1) is 16.7 Å². The van der Waals surface area contributed by atoms with Crippen molar-refractivity contribution in [3.05, 3.63) is 47.5 Å². The summed E-state index contributed by atoms with van der Waals surface area (Å²) < 4.78 is 29.2. The van der Waals surface area contributed by atoms with Gasteiger partial charge in [-0.1, -0.05) is 17.4 Å². The summed E-state index contributed by atoms with van der Waals surface area (Å²) in [6, 6.07) is 9.51. The van der Waals surface area contributed by atoms with Crippen molar-refractivity contribution in [3.8, 4) is 5.75 Å². The number of sulfone groups is 1.